The van der Waals surface area contributed by atoms with Crippen molar-refractivity contribution in [2.24, 2.45) is 0 Å². The molecule has 3 heteroatoms. The number of rotatable bonds is 8. The van der Waals surface area contributed by atoms with Crippen molar-refractivity contribution >= 4 is 5.91 Å². The third kappa shape index (κ3) is 4.97. The Hall–Kier alpha value is -0.570. The maximum atomic E-state index is 12.2. The Morgan fingerprint density at radius 1 is 1.33 bits per heavy atom. The second kappa shape index (κ2) is 8.52. The molecule has 0 saturated heterocycles. The molecule has 1 atom stereocenters. The Morgan fingerprint density at radius 2 is 2.00 bits per heavy atom. The topological polar surface area (TPSA) is 29.5 Å². The molecule has 0 heterocycles. The van der Waals surface area contributed by atoms with E-state index in [4.69, 9.17) is 4.74 Å². The van der Waals surface area contributed by atoms with E-state index in [-0.39, 0.29) is 12.5 Å². The first-order valence-electron chi connectivity index (χ1n) is 7.60. The summed E-state index contributed by atoms with van der Waals surface area (Å²) in [5.74, 6) is 0.171. The third-order valence-electron chi connectivity index (χ3n) is 3.94. The maximum absolute atomic E-state index is 12.2. The normalized spacial score (nSPS) is 17.9. The summed E-state index contributed by atoms with van der Waals surface area (Å²) in [5, 5.41) is 0. The van der Waals surface area contributed by atoms with Crippen LogP contribution in [0.1, 0.15) is 65.7 Å². The Kier molecular flexibility index (Phi) is 7.33. The van der Waals surface area contributed by atoms with Gasteiger partial charge in [-0.25, -0.2) is 0 Å². The summed E-state index contributed by atoms with van der Waals surface area (Å²) in [5.41, 5.74) is 0. The fraction of sp³-hybridized carbons (Fsp3) is 0.933. The monoisotopic (exact) mass is 255 g/mol. The van der Waals surface area contributed by atoms with Crippen molar-refractivity contribution in [3.8, 4) is 0 Å². The molecule has 1 fully saturated rings. The van der Waals surface area contributed by atoms with Crippen LogP contribution in [0.15, 0.2) is 0 Å². The number of amides is 1. The predicted octanol–water partition coefficient (Wildman–Crippen LogP) is 3.37. The minimum absolute atomic E-state index is 0.171. The molecule has 1 aliphatic carbocycles. The number of carbonyl (C=O) groups is 1. The molecular formula is C15H29NO2. The second-order valence-corrected chi connectivity index (χ2v) is 5.42. The summed E-state index contributed by atoms with van der Waals surface area (Å²) in [4.78, 5) is 14.2. The quantitative estimate of drug-likeness (QED) is 0.665. The molecule has 1 aliphatic rings. The summed E-state index contributed by atoms with van der Waals surface area (Å²) in [7, 11) is 0. The van der Waals surface area contributed by atoms with Gasteiger partial charge in [0, 0.05) is 12.6 Å². The van der Waals surface area contributed by atoms with Gasteiger partial charge in [-0.1, -0.05) is 33.1 Å². The molecule has 0 aromatic carbocycles. The first-order chi connectivity index (χ1) is 8.69. The summed E-state index contributed by atoms with van der Waals surface area (Å²) < 4.78 is 5.73. The number of nitrogens with zero attached hydrogens (tertiary/aromatic N) is 1. The van der Waals surface area contributed by atoms with Gasteiger partial charge in [0.2, 0.25) is 5.91 Å². The minimum Gasteiger partial charge on any atom is -0.368 e. The molecule has 0 radical (unpaired) electrons. The van der Waals surface area contributed by atoms with Gasteiger partial charge in [0.05, 0.1) is 6.10 Å². The molecule has 0 bridgehead atoms. The summed E-state index contributed by atoms with van der Waals surface area (Å²) in [6.45, 7) is 7.57. The van der Waals surface area contributed by atoms with E-state index in [0.29, 0.717) is 12.1 Å². The van der Waals surface area contributed by atoms with Gasteiger partial charge in [-0.2, -0.15) is 0 Å². The molecule has 0 aromatic rings. The predicted molar refractivity (Wildman–Crippen MR) is 74.6 cm³/mol. The number of hydrogen-bond donors (Lipinski definition) is 0. The summed E-state index contributed by atoms with van der Waals surface area (Å²) in [6.07, 6.45) is 8.33. The minimum atomic E-state index is 0.171. The molecule has 1 rings (SSSR count). The van der Waals surface area contributed by atoms with Crippen molar-refractivity contribution in [3.05, 3.63) is 0 Å². The fourth-order valence-corrected chi connectivity index (χ4v) is 2.47. The Bertz CT molecular complexity index is 237. The summed E-state index contributed by atoms with van der Waals surface area (Å²) in [6, 6.07) is 0.330. The van der Waals surface area contributed by atoms with Crippen molar-refractivity contribution in [2.75, 3.05) is 13.2 Å². The van der Waals surface area contributed by atoms with E-state index in [1.807, 2.05) is 4.90 Å². The molecule has 18 heavy (non-hydrogen) atoms. The molecule has 1 unspecified atom stereocenters. The second-order valence-electron chi connectivity index (χ2n) is 5.42. The molecule has 106 valence electrons. The molecule has 0 spiro atoms. The first-order valence-corrected chi connectivity index (χ1v) is 7.60. The number of ether oxygens (including phenoxy) is 1. The van der Waals surface area contributed by atoms with Gasteiger partial charge in [-0.15, -0.1) is 0 Å². The molecule has 3 nitrogen and oxygen atoms in total. The van der Waals surface area contributed by atoms with E-state index in [1.54, 1.807) is 0 Å². The van der Waals surface area contributed by atoms with Crippen LogP contribution in [0.5, 0.6) is 0 Å². The van der Waals surface area contributed by atoms with E-state index in [0.717, 1.165) is 38.6 Å². The van der Waals surface area contributed by atoms with Crippen molar-refractivity contribution < 1.29 is 9.53 Å². The zero-order valence-electron chi connectivity index (χ0n) is 12.3. The Balaban J connectivity index is 2.36. The van der Waals surface area contributed by atoms with Crippen molar-refractivity contribution in [2.45, 2.75) is 77.9 Å². The number of hydrogen-bond acceptors (Lipinski definition) is 2. The van der Waals surface area contributed by atoms with Crippen LogP contribution in [-0.2, 0) is 9.53 Å². The van der Waals surface area contributed by atoms with Crippen LogP contribution in [-0.4, -0.2) is 36.1 Å². The van der Waals surface area contributed by atoms with E-state index in [1.165, 1.54) is 12.8 Å². The van der Waals surface area contributed by atoms with Crippen molar-refractivity contribution in [3.63, 3.8) is 0 Å². The fourth-order valence-electron chi connectivity index (χ4n) is 2.47. The van der Waals surface area contributed by atoms with E-state index in [9.17, 15) is 4.79 Å². The molecule has 0 aromatic heterocycles. The largest absolute Gasteiger partial charge is 0.368 e. The van der Waals surface area contributed by atoms with Crippen LogP contribution in [0.25, 0.3) is 0 Å². The molecule has 1 amide bonds. The van der Waals surface area contributed by atoms with Gasteiger partial charge in [-0.3, -0.25) is 4.79 Å². The highest BCUT2D eigenvalue weighted by Crippen LogP contribution is 2.21. The van der Waals surface area contributed by atoms with Gasteiger partial charge >= 0.3 is 0 Å². The average Bonchev–Trinajstić information content (AvgIpc) is 2.89. The maximum Gasteiger partial charge on any atom is 0.248 e. The van der Waals surface area contributed by atoms with E-state index in [2.05, 4.69) is 20.8 Å². The average molecular weight is 255 g/mol. The lowest BCUT2D eigenvalue weighted by Crippen LogP contribution is -2.41. The van der Waals surface area contributed by atoms with Gasteiger partial charge in [-0.05, 0) is 32.6 Å². The van der Waals surface area contributed by atoms with Gasteiger partial charge in [0.15, 0.2) is 0 Å². The van der Waals surface area contributed by atoms with Crippen LogP contribution in [0.3, 0.4) is 0 Å². The zero-order chi connectivity index (χ0) is 13.4. The van der Waals surface area contributed by atoms with Crippen LogP contribution in [0.4, 0.5) is 0 Å². The van der Waals surface area contributed by atoms with Gasteiger partial charge in [0.1, 0.15) is 6.61 Å². The molecule has 0 N–H and O–H groups in total. The lowest BCUT2D eigenvalue weighted by molar-refractivity contribution is -0.140. The third-order valence-corrected chi connectivity index (χ3v) is 3.94. The van der Waals surface area contributed by atoms with E-state index < -0.39 is 0 Å². The Morgan fingerprint density at radius 3 is 2.56 bits per heavy atom. The van der Waals surface area contributed by atoms with Crippen LogP contribution >= 0.6 is 0 Å². The van der Waals surface area contributed by atoms with Crippen LogP contribution < -0.4 is 0 Å². The van der Waals surface area contributed by atoms with Gasteiger partial charge < -0.3 is 9.64 Å². The highest BCUT2D eigenvalue weighted by atomic mass is 16.5. The number of carbonyl (C=O) groups excluding carboxylic acids is 1. The highest BCUT2D eigenvalue weighted by molar-refractivity contribution is 5.77. The molecular weight excluding hydrogens is 226 g/mol. The van der Waals surface area contributed by atoms with Crippen LogP contribution in [0.2, 0.25) is 0 Å². The lowest BCUT2D eigenvalue weighted by Gasteiger charge is -2.29. The molecule has 1 saturated carbocycles. The van der Waals surface area contributed by atoms with E-state index >= 15 is 0 Å². The molecule has 0 aliphatic heterocycles. The SMILES string of the molecule is CCCCN(C(=O)COC1CCCC1)C(C)CC. The summed E-state index contributed by atoms with van der Waals surface area (Å²) >= 11 is 0. The zero-order valence-corrected chi connectivity index (χ0v) is 12.3. The van der Waals surface area contributed by atoms with Crippen molar-refractivity contribution in [1.29, 1.82) is 0 Å². The van der Waals surface area contributed by atoms with Gasteiger partial charge in [0.25, 0.3) is 0 Å². The standard InChI is InChI=1S/C15H29NO2/c1-4-6-11-16(13(3)5-2)15(17)12-18-14-9-7-8-10-14/h13-14H,4-12H2,1-3H3. The Labute approximate surface area is 112 Å². The van der Waals surface area contributed by atoms with Crippen molar-refractivity contribution in [1.82, 2.24) is 4.90 Å². The number of unbranched alkanes of at least 4 members (excludes halogenated alkanes) is 1. The lowest BCUT2D eigenvalue weighted by atomic mass is 10.2. The van der Waals surface area contributed by atoms with Crippen LogP contribution in [0, 0.1) is 0 Å². The smallest absolute Gasteiger partial charge is 0.248 e. The first kappa shape index (κ1) is 15.5. The highest BCUT2D eigenvalue weighted by Gasteiger charge is 2.21.